The zero-order valence-electron chi connectivity index (χ0n) is 11.9. The summed E-state index contributed by atoms with van der Waals surface area (Å²) >= 11 is 0. The molecule has 2 heterocycles. The van der Waals surface area contributed by atoms with Gasteiger partial charge in [-0.15, -0.1) is 0 Å². The van der Waals surface area contributed by atoms with E-state index < -0.39 is 0 Å². The lowest BCUT2D eigenvalue weighted by atomic mass is 9.97. The van der Waals surface area contributed by atoms with Crippen molar-refractivity contribution in [1.82, 2.24) is 10.2 Å². The minimum atomic E-state index is 0.279. The summed E-state index contributed by atoms with van der Waals surface area (Å²) < 4.78 is 11.2. The van der Waals surface area contributed by atoms with Crippen LogP contribution in [0, 0.1) is 0 Å². The molecule has 2 saturated heterocycles. The van der Waals surface area contributed by atoms with Crippen LogP contribution in [0.25, 0.3) is 0 Å². The van der Waals surface area contributed by atoms with E-state index in [0.29, 0.717) is 12.1 Å². The van der Waals surface area contributed by atoms with Gasteiger partial charge in [0.15, 0.2) is 0 Å². The number of hydrogen-bond acceptors (Lipinski definition) is 4. The fourth-order valence-corrected chi connectivity index (χ4v) is 2.93. The molecule has 3 unspecified atom stereocenters. The van der Waals surface area contributed by atoms with E-state index in [0.717, 1.165) is 32.9 Å². The highest BCUT2D eigenvalue weighted by molar-refractivity contribution is 4.84. The third-order valence-electron chi connectivity index (χ3n) is 4.02. The fourth-order valence-electron chi connectivity index (χ4n) is 2.93. The molecule has 4 heteroatoms. The zero-order valence-corrected chi connectivity index (χ0v) is 11.9. The Morgan fingerprint density at radius 2 is 2.22 bits per heavy atom. The number of ether oxygens (including phenoxy) is 2. The van der Waals surface area contributed by atoms with Crippen LogP contribution in [-0.4, -0.2) is 62.5 Å². The molecule has 106 valence electrons. The number of nitrogens with one attached hydrogen (secondary N) is 1. The van der Waals surface area contributed by atoms with Gasteiger partial charge >= 0.3 is 0 Å². The molecule has 0 aromatic carbocycles. The Labute approximate surface area is 111 Å². The molecule has 4 nitrogen and oxygen atoms in total. The average molecular weight is 256 g/mol. The maximum Gasteiger partial charge on any atom is 0.0936 e. The number of piperidine rings is 1. The quantitative estimate of drug-likeness (QED) is 0.803. The maximum absolute atomic E-state index is 5.74. The normalized spacial score (nSPS) is 34.7. The summed E-state index contributed by atoms with van der Waals surface area (Å²) in [6, 6.07) is 1.36. The largest absolute Gasteiger partial charge is 0.376 e. The van der Waals surface area contributed by atoms with E-state index in [-0.39, 0.29) is 6.10 Å². The first-order valence-corrected chi connectivity index (χ1v) is 7.46. The highest BCUT2D eigenvalue weighted by Gasteiger charge is 2.27. The summed E-state index contributed by atoms with van der Waals surface area (Å²) in [5.41, 5.74) is 0. The second-order valence-corrected chi connectivity index (χ2v) is 5.59. The van der Waals surface area contributed by atoms with E-state index in [9.17, 15) is 0 Å². The molecule has 0 radical (unpaired) electrons. The molecule has 18 heavy (non-hydrogen) atoms. The minimum absolute atomic E-state index is 0.279. The first kappa shape index (κ1) is 14.3. The predicted molar refractivity (Wildman–Crippen MR) is 72.9 cm³/mol. The summed E-state index contributed by atoms with van der Waals surface area (Å²) in [7, 11) is 0. The molecule has 3 atom stereocenters. The van der Waals surface area contributed by atoms with Crippen molar-refractivity contribution >= 4 is 0 Å². The van der Waals surface area contributed by atoms with Crippen LogP contribution >= 0.6 is 0 Å². The number of nitrogens with zero attached hydrogens (tertiary/aromatic N) is 1. The van der Waals surface area contributed by atoms with E-state index >= 15 is 0 Å². The van der Waals surface area contributed by atoms with Crippen LogP contribution < -0.4 is 5.32 Å². The van der Waals surface area contributed by atoms with E-state index in [1.54, 1.807) is 0 Å². The van der Waals surface area contributed by atoms with Gasteiger partial charge in [-0.2, -0.15) is 0 Å². The van der Waals surface area contributed by atoms with E-state index in [4.69, 9.17) is 9.47 Å². The second-order valence-electron chi connectivity index (χ2n) is 5.59. The Morgan fingerprint density at radius 3 is 2.89 bits per heavy atom. The van der Waals surface area contributed by atoms with Gasteiger partial charge in [0.25, 0.3) is 0 Å². The Bertz CT molecular complexity index is 232. The minimum Gasteiger partial charge on any atom is -0.376 e. The van der Waals surface area contributed by atoms with Gasteiger partial charge < -0.3 is 14.8 Å². The standard InChI is InChI=1S/C14H28N2O2/c1-3-5-15-13-4-6-16(12(2)9-13)10-14-11-17-7-8-18-14/h12-15H,3-11H2,1-2H3. The molecule has 0 amide bonds. The monoisotopic (exact) mass is 256 g/mol. The molecule has 0 aliphatic carbocycles. The zero-order chi connectivity index (χ0) is 12.8. The molecular formula is C14H28N2O2. The molecule has 0 saturated carbocycles. The molecular weight excluding hydrogens is 228 g/mol. The SMILES string of the molecule is CCCNC1CCN(CC2COCCO2)C(C)C1. The number of hydrogen-bond donors (Lipinski definition) is 1. The first-order chi connectivity index (χ1) is 8.79. The van der Waals surface area contributed by atoms with E-state index in [1.807, 2.05) is 0 Å². The Kier molecular flexibility index (Phi) is 5.89. The van der Waals surface area contributed by atoms with Crippen molar-refractivity contribution in [2.45, 2.75) is 51.3 Å². The molecule has 0 spiro atoms. The fraction of sp³-hybridized carbons (Fsp3) is 1.00. The molecule has 2 aliphatic rings. The number of likely N-dealkylation sites (tertiary alicyclic amines) is 1. The summed E-state index contributed by atoms with van der Waals surface area (Å²) in [5, 5.41) is 3.64. The Hall–Kier alpha value is -0.160. The van der Waals surface area contributed by atoms with E-state index in [2.05, 4.69) is 24.1 Å². The van der Waals surface area contributed by atoms with Crippen molar-refractivity contribution in [3.05, 3.63) is 0 Å². The highest BCUT2D eigenvalue weighted by atomic mass is 16.6. The molecule has 2 rings (SSSR count). The first-order valence-electron chi connectivity index (χ1n) is 7.46. The topological polar surface area (TPSA) is 33.7 Å². The van der Waals surface area contributed by atoms with Crippen LogP contribution in [0.15, 0.2) is 0 Å². The van der Waals surface area contributed by atoms with Gasteiger partial charge in [0.2, 0.25) is 0 Å². The van der Waals surface area contributed by atoms with Gasteiger partial charge in [0.05, 0.1) is 25.9 Å². The molecule has 0 aromatic rings. The van der Waals surface area contributed by atoms with E-state index in [1.165, 1.54) is 25.8 Å². The maximum atomic E-state index is 5.74. The van der Waals surface area contributed by atoms with Gasteiger partial charge in [-0.05, 0) is 32.7 Å². The lowest BCUT2D eigenvalue weighted by Crippen LogP contribution is -2.51. The second kappa shape index (κ2) is 7.43. The smallest absolute Gasteiger partial charge is 0.0936 e. The van der Waals surface area contributed by atoms with Gasteiger partial charge in [-0.25, -0.2) is 0 Å². The molecule has 2 aliphatic heterocycles. The third kappa shape index (κ3) is 4.19. The average Bonchev–Trinajstić information content (AvgIpc) is 2.40. The molecule has 2 fully saturated rings. The Morgan fingerprint density at radius 1 is 1.33 bits per heavy atom. The summed E-state index contributed by atoms with van der Waals surface area (Å²) in [4.78, 5) is 2.56. The molecule has 1 N–H and O–H groups in total. The summed E-state index contributed by atoms with van der Waals surface area (Å²) in [5.74, 6) is 0. The summed E-state index contributed by atoms with van der Waals surface area (Å²) in [6.07, 6.45) is 4.02. The van der Waals surface area contributed by atoms with Crippen LogP contribution in [0.3, 0.4) is 0 Å². The third-order valence-corrected chi connectivity index (χ3v) is 4.02. The van der Waals surface area contributed by atoms with Crippen LogP contribution in [0.1, 0.15) is 33.1 Å². The number of rotatable bonds is 5. The lowest BCUT2D eigenvalue weighted by Gasteiger charge is -2.40. The van der Waals surface area contributed by atoms with Gasteiger partial charge in [0, 0.05) is 25.2 Å². The highest BCUT2D eigenvalue weighted by Crippen LogP contribution is 2.18. The van der Waals surface area contributed by atoms with Gasteiger partial charge in [-0.3, -0.25) is 4.90 Å². The van der Waals surface area contributed by atoms with Crippen molar-refractivity contribution in [3.8, 4) is 0 Å². The van der Waals surface area contributed by atoms with Crippen molar-refractivity contribution in [3.63, 3.8) is 0 Å². The predicted octanol–water partition coefficient (Wildman–Crippen LogP) is 1.25. The van der Waals surface area contributed by atoms with Crippen molar-refractivity contribution < 1.29 is 9.47 Å². The van der Waals surface area contributed by atoms with Crippen LogP contribution in [-0.2, 0) is 9.47 Å². The van der Waals surface area contributed by atoms with Gasteiger partial charge in [0.1, 0.15) is 0 Å². The summed E-state index contributed by atoms with van der Waals surface area (Å²) in [6.45, 7) is 10.2. The van der Waals surface area contributed by atoms with Gasteiger partial charge in [-0.1, -0.05) is 6.92 Å². The van der Waals surface area contributed by atoms with Crippen molar-refractivity contribution in [2.24, 2.45) is 0 Å². The molecule has 0 aromatic heterocycles. The lowest BCUT2D eigenvalue weighted by molar-refractivity contribution is -0.102. The van der Waals surface area contributed by atoms with Crippen molar-refractivity contribution in [2.75, 3.05) is 39.5 Å². The van der Waals surface area contributed by atoms with Crippen LogP contribution in [0.5, 0.6) is 0 Å². The molecule has 0 bridgehead atoms. The van der Waals surface area contributed by atoms with Crippen LogP contribution in [0.4, 0.5) is 0 Å². The van der Waals surface area contributed by atoms with Crippen LogP contribution in [0.2, 0.25) is 0 Å². The van der Waals surface area contributed by atoms with Crippen molar-refractivity contribution in [1.29, 1.82) is 0 Å². The Balaban J connectivity index is 1.71.